The molecule has 2 aromatic carbocycles. The molecule has 7 nitrogen and oxygen atoms in total. The molecule has 1 heterocycles. The highest BCUT2D eigenvalue weighted by molar-refractivity contribution is 6.31. The van der Waals surface area contributed by atoms with Gasteiger partial charge in [0.05, 0.1) is 12.7 Å². The van der Waals surface area contributed by atoms with Crippen LogP contribution in [-0.4, -0.2) is 40.6 Å². The summed E-state index contributed by atoms with van der Waals surface area (Å²) in [6.45, 7) is 3.03. The Hall–Kier alpha value is -2.97. The average molecular weight is 447 g/mol. The van der Waals surface area contributed by atoms with E-state index in [4.69, 9.17) is 21.1 Å². The molecule has 164 valence electrons. The first-order valence-electron chi connectivity index (χ1n) is 9.64. The Morgan fingerprint density at radius 2 is 1.84 bits per heavy atom. The minimum Gasteiger partial charge on any atom is -0.467 e. The first-order chi connectivity index (χ1) is 14.8. The maximum atomic E-state index is 12.2. The Bertz CT molecular complexity index is 1030. The first kappa shape index (κ1) is 22.7. The monoisotopic (exact) mass is 446 g/mol. The number of nitrogens with one attached hydrogen (secondary N) is 1. The van der Waals surface area contributed by atoms with Gasteiger partial charge >= 0.3 is 6.01 Å². The van der Waals surface area contributed by atoms with E-state index in [2.05, 4.69) is 20.3 Å². The summed E-state index contributed by atoms with van der Waals surface area (Å²) in [6.07, 6.45) is 0.697. The van der Waals surface area contributed by atoms with E-state index in [1.165, 1.54) is 7.11 Å². The molecule has 0 saturated carbocycles. The van der Waals surface area contributed by atoms with Gasteiger partial charge in [0.25, 0.3) is 0 Å². The number of nitrogens with zero attached hydrogens (tertiary/aromatic N) is 3. The van der Waals surface area contributed by atoms with E-state index in [0.717, 1.165) is 5.56 Å². The maximum Gasteiger partial charge on any atom is 0.321 e. The van der Waals surface area contributed by atoms with Crippen LogP contribution in [0.4, 0.5) is 10.3 Å². The van der Waals surface area contributed by atoms with E-state index in [1.807, 2.05) is 12.1 Å². The van der Waals surface area contributed by atoms with Gasteiger partial charge in [-0.1, -0.05) is 23.7 Å². The van der Waals surface area contributed by atoms with E-state index >= 15 is 0 Å². The van der Waals surface area contributed by atoms with E-state index in [1.54, 1.807) is 44.2 Å². The molecule has 2 N–H and O–H groups in total. The Morgan fingerprint density at radius 3 is 2.48 bits per heavy atom. The van der Waals surface area contributed by atoms with Crippen molar-refractivity contribution in [3.63, 3.8) is 0 Å². The number of alkyl halides is 1. The smallest absolute Gasteiger partial charge is 0.321 e. The molecule has 3 aromatic rings. The van der Waals surface area contributed by atoms with Crippen LogP contribution >= 0.6 is 11.6 Å². The number of aromatic nitrogens is 3. The molecule has 0 fully saturated rings. The zero-order valence-corrected chi connectivity index (χ0v) is 18.3. The molecular weight excluding hydrogens is 423 g/mol. The summed E-state index contributed by atoms with van der Waals surface area (Å²) in [5.41, 5.74) is 1.18. The summed E-state index contributed by atoms with van der Waals surface area (Å²) in [4.78, 5) is 13.0. The quantitative estimate of drug-likeness (QED) is 0.503. The highest BCUT2D eigenvalue weighted by atomic mass is 35.5. The van der Waals surface area contributed by atoms with Crippen LogP contribution in [0.25, 0.3) is 11.4 Å². The van der Waals surface area contributed by atoms with Crippen LogP contribution in [0.1, 0.15) is 25.0 Å². The van der Waals surface area contributed by atoms with Crippen LogP contribution in [0.5, 0.6) is 11.8 Å². The van der Waals surface area contributed by atoms with Crippen molar-refractivity contribution in [2.45, 2.75) is 25.9 Å². The van der Waals surface area contributed by atoms with Gasteiger partial charge in [-0.2, -0.15) is 15.0 Å². The Labute approximate surface area is 185 Å². The van der Waals surface area contributed by atoms with Crippen LogP contribution in [0, 0.1) is 0 Å². The van der Waals surface area contributed by atoms with Crippen molar-refractivity contribution in [2.75, 3.05) is 25.8 Å². The number of hydrogen-bond acceptors (Lipinski definition) is 7. The van der Waals surface area contributed by atoms with Gasteiger partial charge in [0.2, 0.25) is 12.8 Å². The van der Waals surface area contributed by atoms with E-state index < -0.39 is 12.5 Å². The number of aliphatic hydroxyl groups is 1. The summed E-state index contributed by atoms with van der Waals surface area (Å²) < 4.78 is 22.2. The fraction of sp³-hybridized carbons (Fsp3) is 0.318. The van der Waals surface area contributed by atoms with Crippen LogP contribution in [0.15, 0.2) is 42.5 Å². The lowest BCUT2D eigenvalue weighted by molar-refractivity contribution is 0.0787. The second-order valence-corrected chi connectivity index (χ2v) is 7.70. The van der Waals surface area contributed by atoms with Crippen LogP contribution in [-0.2, 0) is 12.0 Å². The third kappa shape index (κ3) is 6.02. The Morgan fingerprint density at radius 1 is 1.10 bits per heavy atom. The second-order valence-electron chi connectivity index (χ2n) is 7.30. The molecule has 9 heteroatoms. The zero-order chi connectivity index (χ0) is 22.4. The topological polar surface area (TPSA) is 89.4 Å². The molecule has 0 aliphatic heterocycles. The number of anilines is 1. The summed E-state index contributed by atoms with van der Waals surface area (Å²) >= 11 is 6.24. The molecule has 31 heavy (non-hydrogen) atoms. The molecule has 0 atom stereocenters. The van der Waals surface area contributed by atoms with Gasteiger partial charge in [-0.15, -0.1) is 0 Å². The fourth-order valence-corrected chi connectivity index (χ4v) is 3.27. The van der Waals surface area contributed by atoms with Crippen LogP contribution in [0.2, 0.25) is 5.02 Å². The van der Waals surface area contributed by atoms with Crippen molar-refractivity contribution in [3.8, 4) is 23.1 Å². The minimum absolute atomic E-state index is 0.167. The van der Waals surface area contributed by atoms with Gasteiger partial charge in [0, 0.05) is 22.7 Å². The molecular formula is C22H24ClFN4O3. The fourth-order valence-electron chi connectivity index (χ4n) is 2.92. The molecule has 0 amide bonds. The molecule has 3 rings (SSSR count). The first-order valence-corrected chi connectivity index (χ1v) is 10.0. The number of benzene rings is 2. The molecule has 0 saturated heterocycles. The highest BCUT2D eigenvalue weighted by Gasteiger charge is 2.21. The summed E-state index contributed by atoms with van der Waals surface area (Å²) in [6, 6.07) is 12.6. The van der Waals surface area contributed by atoms with Crippen molar-refractivity contribution in [3.05, 3.63) is 58.6 Å². The molecule has 0 radical (unpaired) electrons. The largest absolute Gasteiger partial charge is 0.467 e. The number of rotatable bonds is 9. The Balaban J connectivity index is 1.76. The van der Waals surface area contributed by atoms with Gasteiger partial charge < -0.3 is 19.9 Å². The molecule has 0 spiro atoms. The van der Waals surface area contributed by atoms with E-state index in [0.29, 0.717) is 46.6 Å². The second kappa shape index (κ2) is 9.89. The molecule has 0 aliphatic carbocycles. The molecule has 0 unspecified atom stereocenters. The van der Waals surface area contributed by atoms with Gasteiger partial charge in [-0.05, 0) is 56.2 Å². The number of ether oxygens (including phenoxy) is 2. The summed E-state index contributed by atoms with van der Waals surface area (Å²) in [5, 5.41) is 14.0. The third-order valence-electron chi connectivity index (χ3n) is 4.52. The van der Waals surface area contributed by atoms with Crippen molar-refractivity contribution in [1.82, 2.24) is 15.0 Å². The van der Waals surface area contributed by atoms with Crippen LogP contribution < -0.4 is 14.8 Å². The van der Waals surface area contributed by atoms with E-state index in [-0.39, 0.29) is 6.01 Å². The summed E-state index contributed by atoms with van der Waals surface area (Å²) in [7, 11) is 1.48. The normalized spacial score (nSPS) is 11.3. The van der Waals surface area contributed by atoms with Crippen molar-refractivity contribution < 1.29 is 19.0 Å². The Kier molecular flexibility index (Phi) is 7.25. The van der Waals surface area contributed by atoms with Gasteiger partial charge in [-0.3, -0.25) is 0 Å². The zero-order valence-electron chi connectivity index (χ0n) is 17.5. The average Bonchev–Trinajstić information content (AvgIpc) is 2.74. The van der Waals surface area contributed by atoms with Gasteiger partial charge in [-0.25, -0.2) is 4.39 Å². The minimum atomic E-state index is -1.11. The number of halogens is 2. The van der Waals surface area contributed by atoms with Crippen LogP contribution in [0.3, 0.4) is 0 Å². The molecule has 1 aromatic heterocycles. The van der Waals surface area contributed by atoms with Gasteiger partial charge in [0.15, 0.2) is 5.82 Å². The number of hydrogen-bond donors (Lipinski definition) is 2. The lowest BCUT2D eigenvalue weighted by Gasteiger charge is -2.20. The SMILES string of the molecule is COc1nc(NCCc2ccc(OCF)cc2)nc(-c2ccc(Cl)c(C(C)(C)O)c2)n1. The lowest BCUT2D eigenvalue weighted by Crippen LogP contribution is -2.16. The maximum absolute atomic E-state index is 12.2. The standard InChI is InChI=1S/C22H24ClFN4O3/c1-22(2,29)17-12-15(6-9-18(17)23)19-26-20(28-21(27-19)30-3)25-11-10-14-4-7-16(8-5-14)31-13-24/h4-9,12,29H,10-11,13H2,1-3H3,(H,25,26,27,28). The highest BCUT2D eigenvalue weighted by Crippen LogP contribution is 2.31. The third-order valence-corrected chi connectivity index (χ3v) is 4.85. The number of methoxy groups -OCH3 is 1. The van der Waals surface area contributed by atoms with Gasteiger partial charge in [0.1, 0.15) is 5.75 Å². The van der Waals surface area contributed by atoms with Crippen molar-refractivity contribution in [2.24, 2.45) is 0 Å². The van der Waals surface area contributed by atoms with Crippen molar-refractivity contribution in [1.29, 1.82) is 0 Å². The predicted molar refractivity (Wildman–Crippen MR) is 117 cm³/mol. The predicted octanol–water partition coefficient (Wildman–Crippen LogP) is 4.39. The lowest BCUT2D eigenvalue weighted by atomic mass is 9.96. The van der Waals surface area contributed by atoms with E-state index in [9.17, 15) is 9.50 Å². The molecule has 0 aliphatic rings. The molecule has 0 bridgehead atoms. The van der Waals surface area contributed by atoms with Crippen molar-refractivity contribution >= 4 is 17.5 Å². The summed E-state index contributed by atoms with van der Waals surface area (Å²) in [5.74, 6) is 1.24.